The minimum Gasteiger partial charge on any atom is -0.456 e. The molecule has 5 nitrogen and oxygen atoms in total. The predicted molar refractivity (Wildman–Crippen MR) is 70.0 cm³/mol. The summed E-state index contributed by atoms with van der Waals surface area (Å²) in [5.74, 6) is 6.73. The first-order chi connectivity index (χ1) is 9.20. The fourth-order valence-corrected chi connectivity index (χ4v) is 1.46. The van der Waals surface area contributed by atoms with Gasteiger partial charge in [-0.3, -0.25) is 15.1 Å². The highest BCUT2D eigenvalue weighted by atomic mass is 16.6. The number of benzene rings is 1. The molecule has 0 spiro atoms. The third-order valence-electron chi connectivity index (χ3n) is 2.32. The largest absolute Gasteiger partial charge is 0.456 e. The molecule has 0 fully saturated rings. The van der Waals surface area contributed by atoms with E-state index in [2.05, 4.69) is 16.8 Å². The van der Waals surface area contributed by atoms with Crippen molar-refractivity contribution in [3.8, 4) is 23.3 Å². The van der Waals surface area contributed by atoms with Crippen LogP contribution in [0.4, 0.5) is 5.69 Å². The van der Waals surface area contributed by atoms with Crippen LogP contribution in [-0.4, -0.2) is 9.91 Å². The molecule has 94 valence electrons. The first-order valence-electron chi connectivity index (χ1n) is 5.50. The number of pyridine rings is 1. The van der Waals surface area contributed by atoms with Crippen molar-refractivity contribution in [3.63, 3.8) is 0 Å². The summed E-state index contributed by atoms with van der Waals surface area (Å²) >= 11 is 0. The molecule has 0 bridgehead atoms. The van der Waals surface area contributed by atoms with Crippen molar-refractivity contribution < 1.29 is 9.66 Å². The molecule has 0 N–H and O–H groups in total. The molecular weight excluding hydrogens is 244 g/mol. The third kappa shape index (κ3) is 3.07. The molecule has 0 radical (unpaired) electrons. The molecule has 0 aliphatic heterocycles. The number of hydrogen-bond acceptors (Lipinski definition) is 4. The summed E-state index contributed by atoms with van der Waals surface area (Å²) in [6.45, 7) is 1.72. The Hall–Kier alpha value is -2.87. The van der Waals surface area contributed by atoms with Crippen molar-refractivity contribution in [3.05, 3.63) is 58.4 Å². The second-order valence-electron chi connectivity index (χ2n) is 3.60. The molecule has 2 aromatic rings. The lowest BCUT2D eigenvalue weighted by molar-refractivity contribution is -0.384. The lowest BCUT2D eigenvalue weighted by Gasteiger charge is -2.06. The number of aromatic nitrogens is 1. The Labute approximate surface area is 110 Å². The number of nitro benzene ring substituents is 1. The number of nitro groups is 1. The van der Waals surface area contributed by atoms with Crippen LogP contribution < -0.4 is 4.74 Å². The predicted octanol–water partition coefficient (Wildman–Crippen LogP) is 3.15. The standard InChI is InChI=1S/C14H10N2O3/c1-2-3-11-10-15-9-8-14(11)19-13-6-4-12(5-7-13)16(17)18/h4-10H,1H3. The van der Waals surface area contributed by atoms with E-state index in [1.54, 1.807) is 37.5 Å². The van der Waals surface area contributed by atoms with Crippen LogP contribution >= 0.6 is 0 Å². The number of hydrogen-bond donors (Lipinski definition) is 0. The Morgan fingerprint density at radius 1 is 1.26 bits per heavy atom. The minimum atomic E-state index is -0.454. The van der Waals surface area contributed by atoms with Gasteiger partial charge in [-0.25, -0.2) is 0 Å². The molecule has 19 heavy (non-hydrogen) atoms. The van der Waals surface area contributed by atoms with Gasteiger partial charge in [-0.05, 0) is 19.1 Å². The Morgan fingerprint density at radius 3 is 2.63 bits per heavy atom. The monoisotopic (exact) mass is 254 g/mol. The molecule has 0 aliphatic rings. The van der Waals surface area contributed by atoms with Crippen LogP contribution in [0.15, 0.2) is 42.7 Å². The summed E-state index contributed by atoms with van der Waals surface area (Å²) in [5, 5.41) is 10.5. The number of ether oxygens (including phenoxy) is 1. The molecule has 0 atom stereocenters. The number of rotatable bonds is 3. The van der Waals surface area contributed by atoms with Crippen LogP contribution in [0.3, 0.4) is 0 Å². The maximum absolute atomic E-state index is 10.5. The lowest BCUT2D eigenvalue weighted by Crippen LogP contribution is -1.90. The van der Waals surface area contributed by atoms with Crippen molar-refractivity contribution >= 4 is 5.69 Å². The molecule has 0 saturated carbocycles. The second-order valence-corrected chi connectivity index (χ2v) is 3.60. The lowest BCUT2D eigenvalue weighted by atomic mass is 10.2. The van der Waals surface area contributed by atoms with Gasteiger partial charge in [0.15, 0.2) is 0 Å². The Kier molecular flexibility index (Phi) is 3.74. The van der Waals surface area contributed by atoms with Crippen LogP contribution in [0, 0.1) is 22.0 Å². The zero-order chi connectivity index (χ0) is 13.7. The van der Waals surface area contributed by atoms with Crippen molar-refractivity contribution in [1.29, 1.82) is 0 Å². The van der Waals surface area contributed by atoms with Gasteiger partial charge in [0.25, 0.3) is 5.69 Å². The van der Waals surface area contributed by atoms with Gasteiger partial charge in [0.2, 0.25) is 0 Å². The van der Waals surface area contributed by atoms with Gasteiger partial charge < -0.3 is 4.74 Å². The van der Waals surface area contributed by atoms with Crippen LogP contribution in [-0.2, 0) is 0 Å². The van der Waals surface area contributed by atoms with Crippen LogP contribution in [0.5, 0.6) is 11.5 Å². The maximum Gasteiger partial charge on any atom is 0.269 e. The first-order valence-corrected chi connectivity index (χ1v) is 5.50. The Bertz CT molecular complexity index is 654. The van der Waals surface area contributed by atoms with E-state index in [0.717, 1.165) is 0 Å². The molecule has 5 heteroatoms. The molecule has 1 aromatic carbocycles. The van der Waals surface area contributed by atoms with Gasteiger partial charge in [0, 0.05) is 30.6 Å². The van der Waals surface area contributed by atoms with Crippen molar-refractivity contribution in [2.75, 3.05) is 0 Å². The molecule has 1 aromatic heterocycles. The van der Waals surface area contributed by atoms with Crippen LogP contribution in [0.25, 0.3) is 0 Å². The highest BCUT2D eigenvalue weighted by Crippen LogP contribution is 2.25. The van der Waals surface area contributed by atoms with E-state index in [4.69, 9.17) is 4.74 Å². The topological polar surface area (TPSA) is 65.3 Å². The maximum atomic E-state index is 10.5. The van der Waals surface area contributed by atoms with Crippen LogP contribution in [0.1, 0.15) is 12.5 Å². The van der Waals surface area contributed by atoms with Gasteiger partial charge in [-0.2, -0.15) is 0 Å². The highest BCUT2D eigenvalue weighted by molar-refractivity contribution is 5.46. The summed E-state index contributed by atoms with van der Waals surface area (Å²) in [7, 11) is 0. The fraction of sp³-hybridized carbons (Fsp3) is 0.0714. The Morgan fingerprint density at radius 2 is 2.00 bits per heavy atom. The first kappa shape index (κ1) is 12.6. The van der Waals surface area contributed by atoms with Crippen molar-refractivity contribution in [2.45, 2.75) is 6.92 Å². The number of nitrogens with zero attached hydrogens (tertiary/aromatic N) is 2. The fourth-order valence-electron chi connectivity index (χ4n) is 1.46. The van der Waals surface area contributed by atoms with E-state index in [9.17, 15) is 10.1 Å². The molecule has 0 unspecified atom stereocenters. The Balaban J connectivity index is 2.25. The molecule has 0 amide bonds. The third-order valence-corrected chi connectivity index (χ3v) is 2.32. The minimum absolute atomic E-state index is 0.0238. The van der Waals surface area contributed by atoms with Gasteiger partial charge >= 0.3 is 0 Å². The van der Waals surface area contributed by atoms with Gasteiger partial charge in [0.1, 0.15) is 11.5 Å². The normalized spacial score (nSPS) is 9.32. The van der Waals surface area contributed by atoms with E-state index in [0.29, 0.717) is 17.1 Å². The second kappa shape index (κ2) is 5.65. The zero-order valence-electron chi connectivity index (χ0n) is 10.2. The summed E-state index contributed by atoms with van der Waals surface area (Å²) < 4.78 is 5.63. The average molecular weight is 254 g/mol. The summed E-state index contributed by atoms with van der Waals surface area (Å²) in [6.07, 6.45) is 3.21. The van der Waals surface area contributed by atoms with E-state index in [1.807, 2.05) is 0 Å². The summed E-state index contributed by atoms with van der Waals surface area (Å²) in [6, 6.07) is 7.56. The SMILES string of the molecule is CC#Cc1cnccc1Oc1ccc([N+](=O)[O-])cc1. The van der Waals surface area contributed by atoms with E-state index >= 15 is 0 Å². The van der Waals surface area contributed by atoms with Crippen LogP contribution in [0.2, 0.25) is 0 Å². The molecule has 2 rings (SSSR count). The quantitative estimate of drug-likeness (QED) is 0.479. The number of non-ortho nitro benzene ring substituents is 1. The zero-order valence-corrected chi connectivity index (χ0v) is 10.2. The van der Waals surface area contributed by atoms with Gasteiger partial charge in [0.05, 0.1) is 10.5 Å². The van der Waals surface area contributed by atoms with Gasteiger partial charge in [-0.15, -0.1) is 5.92 Å². The van der Waals surface area contributed by atoms with E-state index < -0.39 is 4.92 Å². The molecule has 0 aliphatic carbocycles. The summed E-state index contributed by atoms with van der Waals surface area (Å²) in [4.78, 5) is 14.1. The van der Waals surface area contributed by atoms with E-state index in [1.165, 1.54) is 12.1 Å². The smallest absolute Gasteiger partial charge is 0.269 e. The molecule has 0 saturated heterocycles. The van der Waals surface area contributed by atoms with Crippen molar-refractivity contribution in [1.82, 2.24) is 4.98 Å². The van der Waals surface area contributed by atoms with Crippen molar-refractivity contribution in [2.24, 2.45) is 0 Å². The molecule has 1 heterocycles. The highest BCUT2D eigenvalue weighted by Gasteiger charge is 2.06. The summed E-state index contributed by atoms with van der Waals surface area (Å²) in [5.41, 5.74) is 0.694. The average Bonchev–Trinajstić information content (AvgIpc) is 2.42. The van der Waals surface area contributed by atoms with Gasteiger partial charge in [-0.1, -0.05) is 5.92 Å². The molecular formula is C14H10N2O3. The van der Waals surface area contributed by atoms with E-state index in [-0.39, 0.29) is 5.69 Å².